The second-order valence-corrected chi connectivity index (χ2v) is 17.7. The molecule has 0 aromatic carbocycles. The number of hydrogen-bond acceptors (Lipinski definition) is 12. The molecule has 1 aliphatic carbocycles. The molecule has 1 fully saturated rings. The van der Waals surface area contributed by atoms with Crippen molar-refractivity contribution in [3.8, 4) is 0 Å². The molecule has 0 amide bonds. The van der Waals surface area contributed by atoms with Gasteiger partial charge < -0.3 is 39.9 Å². The average Bonchev–Trinajstić information content (AvgIpc) is 3.24. The SMILES string of the molecule is CCCCCC/C=C\CCCCCCCCCC(=O)O[C@H](COC(=O)CCC/C=C\C/C=C\C/C=C\CCCCCCCC)COP(=O)(O)OC1C(O)C(O)C(O)[C@@H](O)C1O. The fraction of sp³-hybridized carbons (Fsp3) is 0.787. The third kappa shape index (κ3) is 29.7. The van der Waals surface area contributed by atoms with Crippen LogP contribution in [-0.2, 0) is 32.7 Å². The second-order valence-electron chi connectivity index (χ2n) is 16.3. The van der Waals surface area contributed by atoms with Gasteiger partial charge in [-0.25, -0.2) is 4.57 Å². The van der Waals surface area contributed by atoms with Crippen LogP contribution < -0.4 is 0 Å². The lowest BCUT2D eigenvalue weighted by Gasteiger charge is -2.41. The fourth-order valence-corrected chi connectivity index (χ4v) is 7.80. The normalized spacial score (nSPS) is 22.4. The van der Waals surface area contributed by atoms with Gasteiger partial charge in [-0.15, -0.1) is 0 Å². The molecule has 14 heteroatoms. The summed E-state index contributed by atoms with van der Waals surface area (Å²) in [5.41, 5.74) is 0. The number of carbonyl (C=O) groups is 2. The Kier molecular flexibility index (Phi) is 34.7. The highest BCUT2D eigenvalue weighted by Gasteiger charge is 2.51. The monoisotopic (exact) mass is 887 g/mol. The van der Waals surface area contributed by atoms with Crippen molar-refractivity contribution in [1.82, 2.24) is 0 Å². The minimum Gasteiger partial charge on any atom is -0.462 e. The maximum absolute atomic E-state index is 12.8. The number of rotatable bonds is 38. The van der Waals surface area contributed by atoms with Gasteiger partial charge >= 0.3 is 19.8 Å². The number of hydrogen-bond donors (Lipinski definition) is 6. The Morgan fingerprint density at radius 2 is 0.902 bits per heavy atom. The van der Waals surface area contributed by atoms with Crippen LogP contribution in [0.4, 0.5) is 0 Å². The van der Waals surface area contributed by atoms with Crippen molar-refractivity contribution in [3.63, 3.8) is 0 Å². The van der Waals surface area contributed by atoms with Crippen molar-refractivity contribution >= 4 is 19.8 Å². The molecule has 0 radical (unpaired) electrons. The van der Waals surface area contributed by atoms with Crippen LogP contribution in [-0.4, -0.2) is 98.3 Å². The Bertz CT molecular complexity index is 1250. The lowest BCUT2D eigenvalue weighted by atomic mass is 9.85. The van der Waals surface area contributed by atoms with Crippen molar-refractivity contribution < 1.29 is 63.1 Å². The molecule has 1 aliphatic rings. The van der Waals surface area contributed by atoms with E-state index in [1.807, 2.05) is 12.2 Å². The molecule has 0 spiro atoms. The minimum absolute atomic E-state index is 0.0802. The Hall–Kier alpha value is -2.19. The largest absolute Gasteiger partial charge is 0.472 e. The van der Waals surface area contributed by atoms with Gasteiger partial charge in [0.05, 0.1) is 6.61 Å². The summed E-state index contributed by atoms with van der Waals surface area (Å²) in [5.74, 6) is -1.17. The molecule has 0 bridgehead atoms. The molecule has 1 rings (SSSR count). The smallest absolute Gasteiger partial charge is 0.462 e. The van der Waals surface area contributed by atoms with Gasteiger partial charge in [0.25, 0.3) is 0 Å². The molecule has 354 valence electrons. The van der Waals surface area contributed by atoms with Gasteiger partial charge in [-0.1, -0.05) is 146 Å². The predicted octanol–water partition coefficient (Wildman–Crippen LogP) is 9.17. The molecule has 61 heavy (non-hydrogen) atoms. The number of phosphoric acid groups is 1. The number of unbranched alkanes of at least 4 members (excludes halogenated alkanes) is 18. The second kappa shape index (κ2) is 37.2. The summed E-state index contributed by atoms with van der Waals surface area (Å²) in [6.45, 7) is 3.23. The number of allylic oxidation sites excluding steroid dienone is 8. The quantitative estimate of drug-likeness (QED) is 0.0148. The molecule has 8 atom stereocenters. The first-order valence-electron chi connectivity index (χ1n) is 23.4. The van der Waals surface area contributed by atoms with Crippen LogP contribution in [0.2, 0.25) is 0 Å². The molecule has 6 N–H and O–H groups in total. The van der Waals surface area contributed by atoms with E-state index >= 15 is 0 Å². The zero-order valence-corrected chi connectivity index (χ0v) is 38.3. The summed E-state index contributed by atoms with van der Waals surface area (Å²) in [6.07, 6.45) is 30.3. The van der Waals surface area contributed by atoms with Gasteiger partial charge in [-0.2, -0.15) is 0 Å². The first-order chi connectivity index (χ1) is 29.4. The first-order valence-corrected chi connectivity index (χ1v) is 24.9. The molecule has 13 nitrogen and oxygen atoms in total. The van der Waals surface area contributed by atoms with Crippen LogP contribution in [0.1, 0.15) is 181 Å². The molecular formula is C47H83O13P. The van der Waals surface area contributed by atoms with Crippen LogP contribution in [0.5, 0.6) is 0 Å². The highest BCUT2D eigenvalue weighted by atomic mass is 31.2. The van der Waals surface area contributed by atoms with E-state index < -0.39 is 75.7 Å². The number of esters is 2. The molecule has 0 heterocycles. The summed E-state index contributed by atoms with van der Waals surface area (Å²) in [5, 5.41) is 50.1. The number of aliphatic hydroxyl groups is 5. The van der Waals surface area contributed by atoms with Crippen LogP contribution >= 0.6 is 7.82 Å². The summed E-state index contributed by atoms with van der Waals surface area (Å²) in [4.78, 5) is 35.7. The van der Waals surface area contributed by atoms with Crippen molar-refractivity contribution in [2.75, 3.05) is 13.2 Å². The van der Waals surface area contributed by atoms with Crippen molar-refractivity contribution in [2.45, 2.75) is 224 Å². The maximum Gasteiger partial charge on any atom is 0.472 e. The number of carbonyl (C=O) groups excluding carboxylic acids is 2. The average molecular weight is 887 g/mol. The topological polar surface area (TPSA) is 210 Å². The van der Waals surface area contributed by atoms with E-state index in [0.29, 0.717) is 19.3 Å². The van der Waals surface area contributed by atoms with Gasteiger partial charge in [0, 0.05) is 12.8 Å². The summed E-state index contributed by atoms with van der Waals surface area (Å²) >= 11 is 0. The Morgan fingerprint density at radius 1 is 0.508 bits per heavy atom. The van der Waals surface area contributed by atoms with Gasteiger partial charge in [-0.05, 0) is 70.6 Å². The van der Waals surface area contributed by atoms with Crippen molar-refractivity contribution in [1.29, 1.82) is 0 Å². The lowest BCUT2D eigenvalue weighted by molar-refractivity contribution is -0.220. The summed E-state index contributed by atoms with van der Waals surface area (Å²) in [6, 6.07) is 0. The first kappa shape index (κ1) is 56.8. The Morgan fingerprint density at radius 3 is 1.43 bits per heavy atom. The zero-order valence-electron chi connectivity index (χ0n) is 37.4. The van der Waals surface area contributed by atoms with Crippen molar-refractivity contribution in [2.24, 2.45) is 0 Å². The van der Waals surface area contributed by atoms with Gasteiger partial charge in [0.2, 0.25) is 0 Å². The van der Waals surface area contributed by atoms with E-state index in [4.69, 9.17) is 18.5 Å². The number of ether oxygens (including phenoxy) is 2. The van der Waals surface area contributed by atoms with Crippen LogP contribution in [0, 0.1) is 0 Å². The number of phosphoric ester groups is 1. The fourth-order valence-electron chi connectivity index (χ4n) is 6.83. The predicted molar refractivity (Wildman–Crippen MR) is 239 cm³/mol. The summed E-state index contributed by atoms with van der Waals surface area (Å²) in [7, 11) is -5.13. The van der Waals surface area contributed by atoms with E-state index in [9.17, 15) is 44.6 Å². The standard InChI is InChI=1S/C47H83O13P/c1-3-5-7-9-11-13-15-17-19-20-22-23-25-27-29-31-33-35-40(48)57-37-39(38-58-61(55,56)60-47-45(53)43(51)42(50)44(52)46(47)54)59-41(49)36-34-32-30-28-26-24-21-18-16-14-12-10-8-6-4-2/h14,16-17,19,22-23,27,29,39,42-47,50-54H,3-13,15,18,20-21,24-26,28,30-38H2,1-2H3,(H,55,56)/b16-14-,19-17-,23-22-,29-27-/t39-,42?,43-,44?,45?,46?,47?/m1/s1. The third-order valence-electron chi connectivity index (χ3n) is 10.6. The van der Waals surface area contributed by atoms with E-state index in [2.05, 4.69) is 50.3 Å². The number of aliphatic hydroxyl groups excluding tert-OH is 5. The minimum atomic E-state index is -5.13. The molecule has 0 aromatic heterocycles. The molecule has 1 saturated carbocycles. The molecule has 0 saturated heterocycles. The third-order valence-corrected chi connectivity index (χ3v) is 11.6. The zero-order chi connectivity index (χ0) is 45.0. The van der Waals surface area contributed by atoms with Crippen LogP contribution in [0.15, 0.2) is 48.6 Å². The van der Waals surface area contributed by atoms with E-state index in [1.54, 1.807) is 0 Å². The van der Waals surface area contributed by atoms with E-state index in [1.165, 1.54) is 70.6 Å². The van der Waals surface area contributed by atoms with Gasteiger partial charge in [0.15, 0.2) is 6.10 Å². The van der Waals surface area contributed by atoms with Crippen LogP contribution in [0.25, 0.3) is 0 Å². The highest BCUT2D eigenvalue weighted by Crippen LogP contribution is 2.47. The Balaban J connectivity index is 2.50. The Labute approximate surface area is 367 Å². The maximum atomic E-state index is 12.8. The molecule has 0 aliphatic heterocycles. The van der Waals surface area contributed by atoms with E-state index in [0.717, 1.165) is 64.2 Å². The molecular weight excluding hydrogens is 803 g/mol. The van der Waals surface area contributed by atoms with Crippen molar-refractivity contribution in [3.05, 3.63) is 48.6 Å². The molecule has 0 aromatic rings. The van der Waals surface area contributed by atoms with Crippen LogP contribution in [0.3, 0.4) is 0 Å². The lowest BCUT2D eigenvalue weighted by Crippen LogP contribution is -2.64. The molecule has 6 unspecified atom stereocenters. The van der Waals surface area contributed by atoms with E-state index in [-0.39, 0.29) is 12.8 Å². The summed E-state index contributed by atoms with van der Waals surface area (Å²) < 4.78 is 33.5. The van der Waals surface area contributed by atoms with Gasteiger partial charge in [0.1, 0.15) is 43.2 Å². The highest BCUT2D eigenvalue weighted by molar-refractivity contribution is 7.47. The van der Waals surface area contributed by atoms with Gasteiger partial charge in [-0.3, -0.25) is 18.6 Å².